The Kier molecular flexibility index (Phi) is 3.92. The fourth-order valence-corrected chi connectivity index (χ4v) is 1.68. The Morgan fingerprint density at radius 1 is 1.44 bits per heavy atom. The van der Waals surface area contributed by atoms with E-state index in [9.17, 15) is 0 Å². The van der Waals surface area contributed by atoms with Gasteiger partial charge in [-0.05, 0) is 37.1 Å². The Morgan fingerprint density at radius 2 is 2.06 bits per heavy atom. The van der Waals surface area contributed by atoms with Gasteiger partial charge >= 0.3 is 0 Å². The molecule has 0 saturated carbocycles. The molecule has 0 saturated heterocycles. The molecule has 1 unspecified atom stereocenters. The first-order valence-corrected chi connectivity index (χ1v) is 5.71. The van der Waals surface area contributed by atoms with E-state index in [1.807, 2.05) is 12.1 Å². The maximum absolute atomic E-state index is 5.67. The topological polar surface area (TPSA) is 42.2 Å². The minimum absolute atomic E-state index is 0.285. The Morgan fingerprint density at radius 3 is 2.56 bits per heavy atom. The van der Waals surface area contributed by atoms with Crippen molar-refractivity contribution in [3.8, 4) is 0 Å². The lowest BCUT2D eigenvalue weighted by molar-refractivity contribution is 0.134. The number of pyridine rings is 1. The molecule has 3 heteroatoms. The van der Waals surface area contributed by atoms with Crippen LogP contribution in [0.15, 0.2) is 18.3 Å². The van der Waals surface area contributed by atoms with Crippen molar-refractivity contribution in [1.82, 2.24) is 9.88 Å². The molecule has 16 heavy (non-hydrogen) atoms. The van der Waals surface area contributed by atoms with Gasteiger partial charge in [-0.3, -0.25) is 4.90 Å². The van der Waals surface area contributed by atoms with E-state index in [0.717, 1.165) is 6.54 Å². The Hall–Kier alpha value is -1.09. The summed E-state index contributed by atoms with van der Waals surface area (Å²) in [6.07, 6.45) is 1.76. The summed E-state index contributed by atoms with van der Waals surface area (Å²) in [4.78, 5) is 6.34. The van der Waals surface area contributed by atoms with E-state index in [1.165, 1.54) is 5.56 Å². The van der Waals surface area contributed by atoms with Gasteiger partial charge in [-0.25, -0.2) is 4.98 Å². The summed E-state index contributed by atoms with van der Waals surface area (Å²) in [7, 11) is 2.15. The molecular formula is C13H23N3. The van der Waals surface area contributed by atoms with Gasteiger partial charge in [-0.2, -0.15) is 0 Å². The zero-order chi connectivity index (χ0) is 12.3. The first-order valence-electron chi connectivity index (χ1n) is 5.71. The van der Waals surface area contributed by atoms with Gasteiger partial charge in [0.05, 0.1) is 0 Å². The van der Waals surface area contributed by atoms with Crippen LogP contribution in [0.25, 0.3) is 0 Å². The van der Waals surface area contributed by atoms with Gasteiger partial charge in [0, 0.05) is 18.8 Å². The molecule has 1 aromatic rings. The minimum Gasteiger partial charge on any atom is -0.384 e. The lowest BCUT2D eigenvalue weighted by atomic mass is 9.87. The largest absolute Gasteiger partial charge is 0.384 e. The fourth-order valence-electron chi connectivity index (χ4n) is 1.68. The fraction of sp³-hybridized carbons (Fsp3) is 0.615. The van der Waals surface area contributed by atoms with E-state index in [0.29, 0.717) is 11.9 Å². The van der Waals surface area contributed by atoms with Crippen molar-refractivity contribution >= 4 is 5.82 Å². The second kappa shape index (κ2) is 4.83. The highest BCUT2D eigenvalue weighted by atomic mass is 15.1. The van der Waals surface area contributed by atoms with Crippen molar-refractivity contribution in [3.05, 3.63) is 23.9 Å². The quantitative estimate of drug-likeness (QED) is 0.853. The zero-order valence-corrected chi connectivity index (χ0v) is 11.0. The van der Waals surface area contributed by atoms with Gasteiger partial charge in [0.25, 0.3) is 0 Å². The number of nitrogen functional groups attached to an aromatic ring is 1. The van der Waals surface area contributed by atoms with E-state index in [-0.39, 0.29) is 5.41 Å². The summed E-state index contributed by atoms with van der Waals surface area (Å²) in [6.45, 7) is 9.94. The normalized spacial score (nSPS) is 14.1. The van der Waals surface area contributed by atoms with Crippen molar-refractivity contribution in [2.24, 2.45) is 5.41 Å². The monoisotopic (exact) mass is 221 g/mol. The van der Waals surface area contributed by atoms with Crippen LogP contribution in [0.1, 0.15) is 33.3 Å². The third-order valence-electron chi connectivity index (χ3n) is 3.19. The molecule has 0 fully saturated rings. The van der Waals surface area contributed by atoms with Gasteiger partial charge in [0.1, 0.15) is 5.82 Å². The third kappa shape index (κ3) is 3.49. The molecule has 0 amide bonds. The highest BCUT2D eigenvalue weighted by Crippen LogP contribution is 2.24. The Bertz CT molecular complexity index is 341. The van der Waals surface area contributed by atoms with Crippen LogP contribution in [0.2, 0.25) is 0 Å². The number of aromatic nitrogens is 1. The molecule has 90 valence electrons. The average Bonchev–Trinajstić information content (AvgIpc) is 2.15. The first kappa shape index (κ1) is 13.0. The zero-order valence-electron chi connectivity index (χ0n) is 11.0. The maximum atomic E-state index is 5.67. The van der Waals surface area contributed by atoms with E-state index < -0.39 is 0 Å². The maximum Gasteiger partial charge on any atom is 0.123 e. The Labute approximate surface area is 98.7 Å². The highest BCUT2D eigenvalue weighted by molar-refractivity contribution is 5.31. The predicted octanol–water partition coefficient (Wildman–Crippen LogP) is 2.53. The molecule has 0 spiro atoms. The Balaban J connectivity index is 2.68. The molecular weight excluding hydrogens is 198 g/mol. The summed E-state index contributed by atoms with van der Waals surface area (Å²) in [6, 6.07) is 4.47. The number of hydrogen-bond donors (Lipinski definition) is 1. The predicted molar refractivity (Wildman–Crippen MR) is 69.0 cm³/mol. The van der Waals surface area contributed by atoms with Crippen LogP contribution in [-0.2, 0) is 6.54 Å². The molecule has 2 N–H and O–H groups in total. The second-order valence-corrected chi connectivity index (χ2v) is 5.55. The van der Waals surface area contributed by atoms with Crippen LogP contribution in [0.3, 0.4) is 0 Å². The molecule has 0 radical (unpaired) electrons. The molecule has 0 aliphatic rings. The summed E-state index contributed by atoms with van der Waals surface area (Å²) in [5, 5.41) is 0. The molecule has 0 aromatic carbocycles. The molecule has 0 bridgehead atoms. The lowest BCUT2D eigenvalue weighted by Crippen LogP contribution is -2.38. The second-order valence-electron chi connectivity index (χ2n) is 5.55. The molecule has 1 rings (SSSR count). The van der Waals surface area contributed by atoms with Crippen molar-refractivity contribution in [1.29, 1.82) is 0 Å². The molecule has 1 heterocycles. The number of anilines is 1. The molecule has 0 aliphatic heterocycles. The van der Waals surface area contributed by atoms with E-state index >= 15 is 0 Å². The third-order valence-corrected chi connectivity index (χ3v) is 3.19. The average molecular weight is 221 g/mol. The summed E-state index contributed by atoms with van der Waals surface area (Å²) < 4.78 is 0. The first-order chi connectivity index (χ1) is 7.30. The van der Waals surface area contributed by atoms with Gasteiger partial charge < -0.3 is 5.73 Å². The number of nitrogens with zero attached hydrogens (tertiary/aromatic N) is 2. The smallest absolute Gasteiger partial charge is 0.123 e. The van der Waals surface area contributed by atoms with Gasteiger partial charge in [0.2, 0.25) is 0 Å². The van der Waals surface area contributed by atoms with E-state index in [2.05, 4.69) is 44.6 Å². The summed E-state index contributed by atoms with van der Waals surface area (Å²) >= 11 is 0. The van der Waals surface area contributed by atoms with Crippen molar-refractivity contribution < 1.29 is 0 Å². The molecule has 1 atom stereocenters. The van der Waals surface area contributed by atoms with E-state index in [4.69, 9.17) is 5.73 Å². The van der Waals surface area contributed by atoms with Gasteiger partial charge in [-0.15, -0.1) is 0 Å². The van der Waals surface area contributed by atoms with E-state index in [1.54, 1.807) is 6.20 Å². The summed E-state index contributed by atoms with van der Waals surface area (Å²) in [5.74, 6) is 0.592. The van der Waals surface area contributed by atoms with Crippen LogP contribution in [0.5, 0.6) is 0 Å². The number of nitrogens with two attached hydrogens (primary N) is 1. The highest BCUT2D eigenvalue weighted by Gasteiger charge is 2.23. The van der Waals surface area contributed by atoms with Crippen LogP contribution in [-0.4, -0.2) is 23.0 Å². The van der Waals surface area contributed by atoms with Crippen LogP contribution < -0.4 is 5.73 Å². The minimum atomic E-state index is 0.285. The summed E-state index contributed by atoms with van der Waals surface area (Å²) in [5.41, 5.74) is 7.17. The van der Waals surface area contributed by atoms with Crippen LogP contribution in [0.4, 0.5) is 5.82 Å². The van der Waals surface area contributed by atoms with Crippen LogP contribution in [0, 0.1) is 5.41 Å². The van der Waals surface area contributed by atoms with Gasteiger partial charge in [0.15, 0.2) is 0 Å². The number of hydrogen-bond acceptors (Lipinski definition) is 3. The SMILES string of the molecule is CC(N(C)Cc1ccnc(N)c1)C(C)(C)C. The molecule has 3 nitrogen and oxygen atoms in total. The molecule has 0 aliphatic carbocycles. The van der Waals surface area contributed by atoms with Crippen molar-refractivity contribution in [2.75, 3.05) is 12.8 Å². The lowest BCUT2D eigenvalue weighted by Gasteiger charge is -2.35. The van der Waals surface area contributed by atoms with Crippen molar-refractivity contribution in [2.45, 2.75) is 40.3 Å². The van der Waals surface area contributed by atoms with Crippen LogP contribution >= 0.6 is 0 Å². The van der Waals surface area contributed by atoms with Gasteiger partial charge in [-0.1, -0.05) is 20.8 Å². The standard InChI is InChI=1S/C13H23N3/c1-10(13(2,3)4)16(5)9-11-6-7-15-12(14)8-11/h6-8,10H,9H2,1-5H3,(H2,14,15). The van der Waals surface area contributed by atoms with Crippen molar-refractivity contribution in [3.63, 3.8) is 0 Å². The number of rotatable bonds is 3. The molecule has 1 aromatic heterocycles.